The van der Waals surface area contributed by atoms with Crippen molar-refractivity contribution >= 4 is 18.5 Å². The Balaban J connectivity index is 1.95. The van der Waals surface area contributed by atoms with Gasteiger partial charge >= 0.3 is 12.2 Å². The van der Waals surface area contributed by atoms with Crippen molar-refractivity contribution in [2.75, 3.05) is 13.1 Å². The number of ether oxygens (including phenoxy) is 2. The Kier molecular flexibility index (Phi) is 6.95. The number of hydrogen-bond donors (Lipinski definition) is 0. The van der Waals surface area contributed by atoms with Gasteiger partial charge in [0.2, 0.25) is 0 Å². The molecule has 33 heavy (non-hydrogen) atoms. The van der Waals surface area contributed by atoms with E-state index in [1.807, 2.05) is 32.9 Å². The van der Waals surface area contributed by atoms with Gasteiger partial charge < -0.3 is 14.4 Å². The van der Waals surface area contributed by atoms with Gasteiger partial charge in [0.25, 0.3) is 0 Å². The van der Waals surface area contributed by atoms with Gasteiger partial charge in [0.05, 0.1) is 5.69 Å². The second-order valence-corrected chi connectivity index (χ2v) is 10.4. The van der Waals surface area contributed by atoms with Gasteiger partial charge in [0, 0.05) is 36.3 Å². The zero-order valence-corrected chi connectivity index (χ0v) is 20.3. The first-order chi connectivity index (χ1) is 15.4. The highest BCUT2D eigenvalue weighted by molar-refractivity contribution is 5.78. The average molecular weight is 456 g/mol. The molecular formula is C25H33N3O5. The quantitative estimate of drug-likeness (QED) is 0.586. The largest absolute Gasteiger partial charge is 0.444 e. The molecule has 0 aliphatic carbocycles. The van der Waals surface area contributed by atoms with Gasteiger partial charge in [-0.3, -0.25) is 4.79 Å². The third-order valence-corrected chi connectivity index (χ3v) is 5.14. The zero-order chi connectivity index (χ0) is 24.4. The Hall–Kier alpha value is -3.16. The Morgan fingerprint density at radius 1 is 1.00 bits per heavy atom. The molecule has 2 heterocycles. The number of likely N-dealkylation sites (tertiary alicyclic amines) is 1. The smallest absolute Gasteiger partial charge is 0.435 e. The molecule has 1 aromatic heterocycles. The van der Waals surface area contributed by atoms with Crippen molar-refractivity contribution in [3.63, 3.8) is 0 Å². The molecule has 1 unspecified atom stereocenters. The van der Waals surface area contributed by atoms with Gasteiger partial charge in [-0.15, -0.1) is 0 Å². The molecule has 1 aliphatic heterocycles. The first-order valence-electron chi connectivity index (χ1n) is 11.2. The van der Waals surface area contributed by atoms with E-state index < -0.39 is 17.3 Å². The lowest BCUT2D eigenvalue weighted by atomic mass is 9.90. The van der Waals surface area contributed by atoms with Gasteiger partial charge in [-0.25, -0.2) is 9.59 Å². The van der Waals surface area contributed by atoms with Gasteiger partial charge in [-0.2, -0.15) is 9.78 Å². The van der Waals surface area contributed by atoms with Crippen LogP contribution < -0.4 is 0 Å². The molecule has 0 N–H and O–H groups in total. The van der Waals surface area contributed by atoms with E-state index in [1.165, 1.54) is 4.68 Å². The van der Waals surface area contributed by atoms with Gasteiger partial charge in [0.15, 0.2) is 0 Å². The van der Waals surface area contributed by atoms with E-state index >= 15 is 0 Å². The van der Waals surface area contributed by atoms with Crippen LogP contribution in [0.3, 0.4) is 0 Å². The molecule has 2 aromatic rings. The van der Waals surface area contributed by atoms with Crippen LogP contribution in [0.2, 0.25) is 0 Å². The fourth-order valence-corrected chi connectivity index (χ4v) is 3.75. The van der Waals surface area contributed by atoms with Crippen molar-refractivity contribution in [2.45, 2.75) is 71.5 Å². The molecule has 3 rings (SSSR count). The highest BCUT2D eigenvalue weighted by Crippen LogP contribution is 2.34. The molecule has 1 saturated heterocycles. The first-order valence-corrected chi connectivity index (χ1v) is 11.2. The van der Waals surface area contributed by atoms with E-state index in [0.717, 1.165) is 30.3 Å². The number of hydrogen-bond acceptors (Lipinski definition) is 6. The van der Waals surface area contributed by atoms with Crippen LogP contribution >= 0.6 is 0 Å². The number of carbonyl (C=O) groups is 3. The second kappa shape index (κ2) is 9.37. The van der Waals surface area contributed by atoms with Gasteiger partial charge in [0.1, 0.15) is 17.5 Å². The molecule has 0 saturated carbocycles. The molecule has 1 amide bonds. The number of rotatable bonds is 3. The van der Waals surface area contributed by atoms with Crippen LogP contribution in [0, 0.1) is 0 Å². The highest BCUT2D eigenvalue weighted by atomic mass is 16.6. The van der Waals surface area contributed by atoms with E-state index in [2.05, 4.69) is 5.10 Å². The predicted molar refractivity (Wildman–Crippen MR) is 124 cm³/mol. The minimum atomic E-state index is -0.659. The lowest BCUT2D eigenvalue weighted by Crippen LogP contribution is -2.42. The molecule has 0 spiro atoms. The van der Waals surface area contributed by atoms with E-state index in [1.54, 1.807) is 44.0 Å². The van der Waals surface area contributed by atoms with Crippen LogP contribution in [0.15, 0.2) is 30.5 Å². The highest BCUT2D eigenvalue weighted by Gasteiger charge is 2.32. The van der Waals surface area contributed by atoms with E-state index in [0.29, 0.717) is 24.3 Å². The summed E-state index contributed by atoms with van der Waals surface area (Å²) in [6, 6.07) is 7.12. The Morgan fingerprint density at radius 2 is 1.61 bits per heavy atom. The lowest BCUT2D eigenvalue weighted by molar-refractivity contribution is 0.0195. The SMILES string of the molecule is CC(C)(C)OC(=O)N1CCCC(c2nn(C(=O)OC(C)(C)C)cc2-c2ccc(C=O)cc2)C1. The average Bonchev–Trinajstić information content (AvgIpc) is 3.17. The number of amides is 1. The number of carbonyl (C=O) groups excluding carboxylic acids is 3. The molecule has 1 fully saturated rings. The minimum Gasteiger partial charge on any atom is -0.444 e. The van der Waals surface area contributed by atoms with Crippen molar-refractivity contribution in [2.24, 2.45) is 0 Å². The summed E-state index contributed by atoms with van der Waals surface area (Å²) in [5, 5.41) is 4.60. The summed E-state index contributed by atoms with van der Waals surface area (Å²) in [5.74, 6) is -0.0734. The molecule has 0 radical (unpaired) electrons. The summed E-state index contributed by atoms with van der Waals surface area (Å²) < 4.78 is 12.3. The van der Waals surface area contributed by atoms with Crippen molar-refractivity contribution in [1.82, 2.24) is 14.7 Å². The third kappa shape index (κ3) is 6.43. The van der Waals surface area contributed by atoms with Crippen LogP contribution in [0.1, 0.15) is 76.4 Å². The molecule has 8 heteroatoms. The van der Waals surface area contributed by atoms with Crippen LogP contribution in [-0.2, 0) is 9.47 Å². The number of aromatic nitrogens is 2. The summed E-state index contributed by atoms with van der Waals surface area (Å²) in [4.78, 5) is 38.1. The maximum absolute atomic E-state index is 12.7. The maximum Gasteiger partial charge on any atom is 0.435 e. The molecular weight excluding hydrogens is 422 g/mol. The number of nitrogens with zero attached hydrogens (tertiary/aromatic N) is 3. The fourth-order valence-electron chi connectivity index (χ4n) is 3.75. The van der Waals surface area contributed by atoms with Gasteiger partial charge in [-0.1, -0.05) is 24.3 Å². The Bertz CT molecular complexity index is 1010. The van der Waals surface area contributed by atoms with Crippen molar-refractivity contribution in [1.29, 1.82) is 0 Å². The standard InChI is InChI=1S/C25H33N3O5/c1-24(2,3)32-22(30)27-13-7-8-19(14-27)21-20(18-11-9-17(16-29)10-12-18)15-28(26-21)23(31)33-25(4,5)6/h9-12,15-16,19H,7-8,13-14H2,1-6H3. The van der Waals surface area contributed by atoms with E-state index in [-0.39, 0.29) is 12.0 Å². The summed E-state index contributed by atoms with van der Waals surface area (Å²) in [6.45, 7) is 12.0. The molecule has 8 nitrogen and oxygen atoms in total. The fraction of sp³-hybridized carbons (Fsp3) is 0.520. The normalized spacial score (nSPS) is 16.9. The Labute approximate surface area is 194 Å². The summed E-state index contributed by atoms with van der Waals surface area (Å²) >= 11 is 0. The topological polar surface area (TPSA) is 90.7 Å². The van der Waals surface area contributed by atoms with Crippen LogP contribution in [-0.4, -0.2) is 57.4 Å². The summed E-state index contributed by atoms with van der Waals surface area (Å²) in [7, 11) is 0. The van der Waals surface area contributed by atoms with Crippen molar-refractivity contribution < 1.29 is 23.9 Å². The summed E-state index contributed by atoms with van der Waals surface area (Å²) in [5.41, 5.74) is 1.65. The Morgan fingerprint density at radius 3 is 2.18 bits per heavy atom. The van der Waals surface area contributed by atoms with Gasteiger partial charge in [-0.05, 0) is 59.9 Å². The molecule has 1 aromatic carbocycles. The summed E-state index contributed by atoms with van der Waals surface area (Å²) in [6.07, 6.45) is 3.15. The second-order valence-electron chi connectivity index (χ2n) is 10.4. The molecule has 1 atom stereocenters. The third-order valence-electron chi connectivity index (χ3n) is 5.14. The first kappa shape index (κ1) is 24.5. The zero-order valence-electron chi connectivity index (χ0n) is 20.3. The molecule has 0 bridgehead atoms. The number of piperidine rings is 1. The van der Waals surface area contributed by atoms with E-state index in [9.17, 15) is 14.4 Å². The van der Waals surface area contributed by atoms with Crippen LogP contribution in [0.4, 0.5) is 9.59 Å². The van der Waals surface area contributed by atoms with Crippen LogP contribution in [0.5, 0.6) is 0 Å². The maximum atomic E-state index is 12.7. The molecule has 178 valence electrons. The lowest BCUT2D eigenvalue weighted by Gasteiger charge is -2.33. The van der Waals surface area contributed by atoms with Crippen LogP contribution in [0.25, 0.3) is 11.1 Å². The van der Waals surface area contributed by atoms with Crippen molar-refractivity contribution in [3.8, 4) is 11.1 Å². The minimum absolute atomic E-state index is 0.0734. The molecule has 1 aliphatic rings. The monoisotopic (exact) mass is 455 g/mol. The number of benzene rings is 1. The van der Waals surface area contributed by atoms with Crippen molar-refractivity contribution in [3.05, 3.63) is 41.7 Å². The number of aldehydes is 1. The predicted octanol–water partition coefficient (Wildman–Crippen LogP) is 5.26. The van der Waals surface area contributed by atoms with E-state index in [4.69, 9.17) is 9.47 Å².